The van der Waals surface area contributed by atoms with Crippen molar-refractivity contribution in [3.05, 3.63) is 39.8 Å². The molecule has 12 heteroatoms. The van der Waals surface area contributed by atoms with E-state index in [0.717, 1.165) is 28.3 Å². The standard InChI is InChI=1S/C17H14N4O5S2.K/c1-7-13(28-17(18-7)19-8(2)22)11-6-27-15(21-11)14(24)20-9-3-4-10(16(25)26)12(23)5-9;/h3-6,23H,1-2H3,(H,20,24)(H,25,26)(H,18,19,22);/q;+1/p-1. The van der Waals surface area contributed by atoms with Crippen molar-refractivity contribution in [2.24, 2.45) is 0 Å². The molecule has 0 aliphatic rings. The summed E-state index contributed by atoms with van der Waals surface area (Å²) in [6.45, 7) is 3.16. The summed E-state index contributed by atoms with van der Waals surface area (Å²) in [5.41, 5.74) is 1.07. The van der Waals surface area contributed by atoms with Gasteiger partial charge in [-0.2, -0.15) is 0 Å². The van der Waals surface area contributed by atoms with Gasteiger partial charge in [0.15, 0.2) is 10.1 Å². The van der Waals surface area contributed by atoms with Gasteiger partial charge < -0.3 is 25.6 Å². The van der Waals surface area contributed by atoms with Gasteiger partial charge in [-0.15, -0.1) is 11.3 Å². The molecule has 2 amide bonds. The molecule has 0 aliphatic heterocycles. The predicted molar refractivity (Wildman–Crippen MR) is 103 cm³/mol. The van der Waals surface area contributed by atoms with Crippen molar-refractivity contribution in [3.8, 4) is 16.3 Å². The van der Waals surface area contributed by atoms with Crippen LogP contribution in [-0.2, 0) is 4.79 Å². The Balaban J connectivity index is 0.00000300. The van der Waals surface area contributed by atoms with E-state index in [0.29, 0.717) is 16.5 Å². The summed E-state index contributed by atoms with van der Waals surface area (Å²) in [6, 6.07) is 3.59. The van der Waals surface area contributed by atoms with Gasteiger partial charge in [0.2, 0.25) is 5.91 Å². The van der Waals surface area contributed by atoms with E-state index >= 15 is 0 Å². The van der Waals surface area contributed by atoms with Crippen molar-refractivity contribution in [3.63, 3.8) is 0 Å². The maximum atomic E-state index is 12.4. The van der Waals surface area contributed by atoms with Gasteiger partial charge in [0, 0.05) is 29.6 Å². The number of carbonyl (C=O) groups is 3. The normalized spacial score (nSPS) is 10.1. The number of nitrogens with one attached hydrogen (secondary N) is 2. The molecular weight excluding hydrogens is 443 g/mol. The van der Waals surface area contributed by atoms with Crippen LogP contribution in [0.4, 0.5) is 10.8 Å². The fourth-order valence-corrected chi connectivity index (χ4v) is 4.04. The van der Waals surface area contributed by atoms with Gasteiger partial charge in [-0.25, -0.2) is 9.97 Å². The van der Waals surface area contributed by atoms with E-state index in [1.165, 1.54) is 24.3 Å². The Morgan fingerprint density at radius 1 is 1.17 bits per heavy atom. The zero-order valence-electron chi connectivity index (χ0n) is 15.6. The molecule has 3 rings (SSSR count). The first-order valence-electron chi connectivity index (χ1n) is 7.81. The molecular formula is C17H13KN4O5S2. The molecule has 3 N–H and O–H groups in total. The van der Waals surface area contributed by atoms with Gasteiger partial charge in [-0.3, -0.25) is 9.59 Å². The number of carboxylic acid groups (broad SMARTS) is 1. The largest absolute Gasteiger partial charge is 1.00 e. The second-order valence-electron chi connectivity index (χ2n) is 5.63. The average molecular weight is 457 g/mol. The molecule has 0 unspecified atom stereocenters. The number of anilines is 2. The number of nitrogens with zero attached hydrogens (tertiary/aromatic N) is 2. The molecule has 2 heterocycles. The summed E-state index contributed by atoms with van der Waals surface area (Å²) in [7, 11) is 0. The second kappa shape index (κ2) is 9.89. The topological polar surface area (TPSA) is 144 Å². The molecule has 2 aromatic heterocycles. The fourth-order valence-electron chi connectivity index (χ4n) is 2.29. The number of carbonyl (C=O) groups excluding carboxylic acids is 3. The molecule has 0 atom stereocenters. The number of aromatic hydroxyl groups is 1. The van der Waals surface area contributed by atoms with Crippen LogP contribution in [0.1, 0.15) is 32.8 Å². The molecule has 3 aromatic rings. The van der Waals surface area contributed by atoms with Crippen LogP contribution in [-0.4, -0.2) is 32.9 Å². The Labute approximate surface area is 215 Å². The van der Waals surface area contributed by atoms with Crippen molar-refractivity contribution in [2.75, 3.05) is 10.6 Å². The molecule has 0 radical (unpaired) electrons. The molecule has 0 spiro atoms. The van der Waals surface area contributed by atoms with Gasteiger partial charge in [-0.05, 0) is 19.1 Å². The number of phenols is 1. The fraction of sp³-hybridized carbons (Fsp3) is 0.118. The summed E-state index contributed by atoms with van der Waals surface area (Å²) in [6.07, 6.45) is 0. The van der Waals surface area contributed by atoms with Crippen LogP contribution in [0.5, 0.6) is 5.75 Å². The van der Waals surface area contributed by atoms with Crippen molar-refractivity contribution in [1.29, 1.82) is 0 Å². The predicted octanol–water partition coefficient (Wildman–Crippen LogP) is -1.14. The van der Waals surface area contributed by atoms with Crippen LogP contribution < -0.4 is 67.1 Å². The van der Waals surface area contributed by atoms with E-state index in [4.69, 9.17) is 0 Å². The van der Waals surface area contributed by atoms with E-state index in [-0.39, 0.29) is 73.6 Å². The van der Waals surface area contributed by atoms with E-state index in [1.54, 1.807) is 12.3 Å². The first-order chi connectivity index (χ1) is 13.2. The maximum Gasteiger partial charge on any atom is 1.00 e. The van der Waals surface area contributed by atoms with Crippen LogP contribution in [0, 0.1) is 6.92 Å². The van der Waals surface area contributed by atoms with Gasteiger partial charge in [0.1, 0.15) is 5.75 Å². The van der Waals surface area contributed by atoms with Crippen molar-refractivity contribution in [1.82, 2.24) is 9.97 Å². The van der Waals surface area contributed by atoms with Crippen LogP contribution in [0.15, 0.2) is 23.6 Å². The summed E-state index contributed by atoms with van der Waals surface area (Å²) in [5.74, 6) is -2.77. The summed E-state index contributed by atoms with van der Waals surface area (Å²) >= 11 is 2.37. The Bertz CT molecular complexity index is 1100. The molecule has 29 heavy (non-hydrogen) atoms. The zero-order chi connectivity index (χ0) is 20.4. The number of rotatable bonds is 5. The number of carboxylic acids is 1. The molecule has 9 nitrogen and oxygen atoms in total. The second-order valence-corrected chi connectivity index (χ2v) is 7.48. The number of amides is 2. The van der Waals surface area contributed by atoms with Crippen LogP contribution in [0.3, 0.4) is 0 Å². The first-order valence-corrected chi connectivity index (χ1v) is 9.51. The summed E-state index contributed by atoms with van der Waals surface area (Å²) < 4.78 is 0. The molecule has 0 saturated carbocycles. The van der Waals surface area contributed by atoms with E-state index in [1.807, 2.05) is 0 Å². The van der Waals surface area contributed by atoms with E-state index in [9.17, 15) is 24.6 Å². The average Bonchev–Trinajstić information content (AvgIpc) is 3.20. The number of hydrogen-bond acceptors (Lipinski definition) is 9. The van der Waals surface area contributed by atoms with Crippen LogP contribution >= 0.6 is 22.7 Å². The molecule has 144 valence electrons. The third-order valence-corrected chi connectivity index (χ3v) is 5.42. The monoisotopic (exact) mass is 456 g/mol. The van der Waals surface area contributed by atoms with Crippen molar-refractivity contribution in [2.45, 2.75) is 13.8 Å². The smallest absolute Gasteiger partial charge is 0.545 e. The third-order valence-electron chi connectivity index (χ3n) is 3.49. The Hall–Kier alpha value is -1.67. The molecule has 0 saturated heterocycles. The number of aromatic carboxylic acids is 1. The summed E-state index contributed by atoms with van der Waals surface area (Å²) in [4.78, 5) is 43.6. The molecule has 0 aliphatic carbocycles. The number of benzene rings is 1. The molecule has 1 aromatic carbocycles. The van der Waals surface area contributed by atoms with Crippen molar-refractivity contribution < 1.29 is 76.0 Å². The number of hydrogen-bond donors (Lipinski definition) is 3. The Morgan fingerprint density at radius 2 is 1.90 bits per heavy atom. The number of aromatic nitrogens is 2. The number of aryl methyl sites for hydroxylation is 1. The van der Waals surface area contributed by atoms with Crippen LogP contribution in [0.25, 0.3) is 10.6 Å². The number of thiazole rings is 2. The van der Waals surface area contributed by atoms with Crippen LogP contribution in [0.2, 0.25) is 0 Å². The maximum absolute atomic E-state index is 12.4. The minimum atomic E-state index is -1.52. The zero-order valence-corrected chi connectivity index (χ0v) is 20.4. The van der Waals surface area contributed by atoms with Gasteiger partial charge in [0.05, 0.1) is 22.2 Å². The molecule has 0 fully saturated rings. The quantitative estimate of drug-likeness (QED) is 0.412. The van der Waals surface area contributed by atoms with Gasteiger partial charge in [-0.1, -0.05) is 11.3 Å². The SMILES string of the molecule is CC(=O)Nc1nc(C)c(-c2csc(C(=O)Nc3ccc(C(=O)[O-])c(O)c3)n2)s1.[K+]. The van der Waals surface area contributed by atoms with Gasteiger partial charge >= 0.3 is 51.4 Å². The Morgan fingerprint density at radius 3 is 2.52 bits per heavy atom. The van der Waals surface area contributed by atoms with Crippen molar-refractivity contribution >= 4 is 51.3 Å². The van der Waals surface area contributed by atoms with E-state index < -0.39 is 17.6 Å². The third kappa shape index (κ3) is 5.69. The Kier molecular flexibility index (Phi) is 8.05. The van der Waals surface area contributed by atoms with E-state index in [2.05, 4.69) is 20.6 Å². The first kappa shape index (κ1) is 23.6. The minimum absolute atomic E-state index is 0. The van der Waals surface area contributed by atoms with Gasteiger partial charge in [0.25, 0.3) is 5.91 Å². The minimum Gasteiger partial charge on any atom is -0.545 e. The molecule has 0 bridgehead atoms. The summed E-state index contributed by atoms with van der Waals surface area (Å²) in [5, 5.41) is 28.0.